The smallest absolute Gasteiger partial charge is 0.313 e. The van der Waals surface area contributed by atoms with Crippen molar-refractivity contribution in [2.45, 2.75) is 32.4 Å². The molecule has 0 aliphatic heterocycles. The van der Waals surface area contributed by atoms with Crippen LogP contribution in [0.3, 0.4) is 0 Å². The Labute approximate surface area is 133 Å². The summed E-state index contributed by atoms with van der Waals surface area (Å²) >= 11 is 2.73. The fourth-order valence-electron chi connectivity index (χ4n) is 1.76. The predicted molar refractivity (Wildman–Crippen MR) is 92.0 cm³/mol. The van der Waals surface area contributed by atoms with Crippen LogP contribution in [0.25, 0.3) is 11.1 Å². The van der Waals surface area contributed by atoms with E-state index in [-0.39, 0.29) is 5.25 Å². The van der Waals surface area contributed by atoms with Gasteiger partial charge >= 0.3 is 5.77 Å². The van der Waals surface area contributed by atoms with Gasteiger partial charge in [0.15, 0.2) is 5.58 Å². The molecule has 1 heterocycles. The maximum atomic E-state index is 12.8. The zero-order valence-corrected chi connectivity index (χ0v) is 15.0. The number of benzene rings is 1. The second-order valence-corrected chi connectivity index (χ2v) is 12.2. The monoisotopic (exact) mass is 345 g/mol. The number of hydrogen-bond donors (Lipinski definition) is 0. The minimum Gasteiger partial charge on any atom is -0.439 e. The van der Waals surface area contributed by atoms with Gasteiger partial charge in [0.2, 0.25) is 5.89 Å². The fourth-order valence-corrected chi connectivity index (χ4v) is 9.51. The van der Waals surface area contributed by atoms with Crippen molar-refractivity contribution in [2.24, 2.45) is 0 Å². The Bertz CT molecular complexity index is 598. The van der Waals surface area contributed by atoms with E-state index in [0.29, 0.717) is 12.5 Å². The highest BCUT2D eigenvalue weighted by atomic mass is 33.1. The van der Waals surface area contributed by atoms with E-state index in [2.05, 4.69) is 11.9 Å². The minimum atomic E-state index is -2.77. The van der Waals surface area contributed by atoms with Gasteiger partial charge in [0.1, 0.15) is 5.52 Å². The number of aromatic nitrogens is 1. The van der Waals surface area contributed by atoms with Crippen LogP contribution in [0.15, 0.2) is 28.7 Å². The van der Waals surface area contributed by atoms with Gasteiger partial charge in [0.25, 0.3) is 0 Å². The third kappa shape index (κ3) is 4.52. The number of hydrogen-bond acceptors (Lipinski definition) is 6. The van der Waals surface area contributed by atoms with Gasteiger partial charge in [-0.05, 0) is 43.8 Å². The van der Waals surface area contributed by atoms with E-state index >= 15 is 0 Å². The lowest BCUT2D eigenvalue weighted by Crippen LogP contribution is -1.91. The number of oxazole rings is 1. The molecule has 0 saturated carbocycles. The summed E-state index contributed by atoms with van der Waals surface area (Å²) in [6, 6.07) is 7.64. The molecule has 2 aromatic rings. The largest absolute Gasteiger partial charge is 0.439 e. The highest BCUT2D eigenvalue weighted by Gasteiger charge is 2.30. The Morgan fingerprint density at radius 3 is 2.81 bits per heavy atom. The quantitative estimate of drug-likeness (QED) is 0.554. The van der Waals surface area contributed by atoms with Gasteiger partial charge < -0.3 is 8.94 Å². The van der Waals surface area contributed by atoms with Crippen LogP contribution >= 0.6 is 28.5 Å². The molecule has 0 aliphatic rings. The third-order valence-electron chi connectivity index (χ3n) is 2.69. The molecule has 0 bridgehead atoms. The van der Waals surface area contributed by atoms with Crippen molar-refractivity contribution in [1.82, 2.24) is 4.98 Å². The van der Waals surface area contributed by atoms with Crippen molar-refractivity contribution in [2.75, 3.05) is 12.4 Å². The van der Waals surface area contributed by atoms with E-state index in [9.17, 15) is 4.57 Å². The Hall–Kier alpha value is -0.420. The van der Waals surface area contributed by atoms with Gasteiger partial charge in [-0.1, -0.05) is 30.4 Å². The second kappa shape index (κ2) is 7.73. The van der Waals surface area contributed by atoms with Gasteiger partial charge in [-0.25, -0.2) is 4.98 Å². The first-order valence-electron chi connectivity index (χ1n) is 7.01. The van der Waals surface area contributed by atoms with Crippen molar-refractivity contribution in [1.29, 1.82) is 0 Å². The maximum Gasteiger partial charge on any atom is 0.313 e. The topological polar surface area (TPSA) is 52.3 Å². The zero-order valence-electron chi connectivity index (χ0n) is 12.4. The number of rotatable bonds is 8. The molecule has 2 atom stereocenters. The molecule has 0 fully saturated rings. The molecule has 1 aromatic heterocycles. The van der Waals surface area contributed by atoms with Crippen LogP contribution in [0.4, 0.5) is 0 Å². The molecule has 0 saturated heterocycles. The molecular weight excluding hydrogens is 325 g/mol. The van der Waals surface area contributed by atoms with Crippen LogP contribution in [-0.2, 0) is 9.09 Å². The summed E-state index contributed by atoms with van der Waals surface area (Å²) in [6.45, 7) is 6.33. The molecule has 116 valence electrons. The van der Waals surface area contributed by atoms with Crippen LogP contribution in [0.2, 0.25) is 0 Å². The summed E-state index contributed by atoms with van der Waals surface area (Å²) < 4.78 is 24.1. The van der Waals surface area contributed by atoms with E-state index in [0.717, 1.165) is 23.3 Å². The van der Waals surface area contributed by atoms with E-state index < -0.39 is 5.77 Å². The lowest BCUT2D eigenvalue weighted by molar-refractivity contribution is 0.357. The normalized spacial score (nSPS) is 16.0. The summed E-state index contributed by atoms with van der Waals surface area (Å²) in [7, 11) is 0. The SMILES string of the molecule is CCCSP(=O)(OCC)SC(C)c1nc2ccccc2o1. The van der Waals surface area contributed by atoms with Gasteiger partial charge in [-0.15, -0.1) is 0 Å². The predicted octanol–water partition coefficient (Wildman–Crippen LogP) is 5.91. The maximum absolute atomic E-state index is 12.8. The summed E-state index contributed by atoms with van der Waals surface area (Å²) in [4.78, 5) is 4.46. The Morgan fingerprint density at radius 2 is 2.14 bits per heavy atom. The molecule has 21 heavy (non-hydrogen) atoms. The van der Waals surface area contributed by atoms with Crippen LogP contribution in [-0.4, -0.2) is 17.3 Å². The number of para-hydroxylation sites is 2. The summed E-state index contributed by atoms with van der Waals surface area (Å²) in [5, 5.41) is -0.112. The molecule has 2 rings (SSSR count). The molecular formula is C14H20NO3PS2. The lowest BCUT2D eigenvalue weighted by atomic mass is 10.3. The highest BCUT2D eigenvalue weighted by molar-refractivity contribution is 8.89. The highest BCUT2D eigenvalue weighted by Crippen LogP contribution is 2.73. The van der Waals surface area contributed by atoms with Crippen LogP contribution < -0.4 is 0 Å². The Kier molecular flexibility index (Phi) is 6.23. The average molecular weight is 345 g/mol. The average Bonchev–Trinajstić information content (AvgIpc) is 2.89. The van der Waals surface area contributed by atoms with Gasteiger partial charge in [0, 0.05) is 5.75 Å². The molecule has 1 aromatic carbocycles. The van der Waals surface area contributed by atoms with E-state index in [1.165, 1.54) is 22.8 Å². The molecule has 0 amide bonds. The molecule has 7 heteroatoms. The summed E-state index contributed by atoms with van der Waals surface area (Å²) in [5.41, 5.74) is 1.58. The molecule has 2 unspecified atom stereocenters. The first kappa shape index (κ1) is 16.9. The van der Waals surface area contributed by atoms with Gasteiger partial charge in [-0.3, -0.25) is 4.57 Å². The standard InChI is InChI=1S/C14H20NO3PS2/c1-4-10-20-19(16,17-5-2)21-11(3)14-15-12-8-6-7-9-13(12)18-14/h6-9,11H,4-5,10H2,1-3H3. The van der Waals surface area contributed by atoms with E-state index in [1.807, 2.05) is 38.1 Å². The van der Waals surface area contributed by atoms with E-state index in [1.54, 1.807) is 0 Å². The van der Waals surface area contributed by atoms with Crippen LogP contribution in [0.5, 0.6) is 0 Å². The lowest BCUT2D eigenvalue weighted by Gasteiger charge is -2.18. The first-order chi connectivity index (χ1) is 10.1. The Balaban J connectivity index is 2.13. The molecule has 4 nitrogen and oxygen atoms in total. The molecule has 0 N–H and O–H groups in total. The summed E-state index contributed by atoms with van der Waals surface area (Å²) in [6.07, 6.45) is 0.972. The van der Waals surface area contributed by atoms with Crippen molar-refractivity contribution in [3.63, 3.8) is 0 Å². The molecule has 0 radical (unpaired) electrons. The van der Waals surface area contributed by atoms with Crippen molar-refractivity contribution < 1.29 is 13.5 Å². The van der Waals surface area contributed by atoms with Crippen molar-refractivity contribution >= 4 is 39.6 Å². The first-order valence-corrected chi connectivity index (χ1v) is 11.7. The third-order valence-corrected chi connectivity index (χ3v) is 10.5. The van der Waals surface area contributed by atoms with Gasteiger partial charge in [-0.2, -0.15) is 0 Å². The zero-order chi connectivity index (χ0) is 15.3. The summed E-state index contributed by atoms with van der Waals surface area (Å²) in [5.74, 6) is -1.35. The van der Waals surface area contributed by atoms with Gasteiger partial charge in [0.05, 0.1) is 11.9 Å². The molecule has 0 spiro atoms. The Morgan fingerprint density at radius 1 is 1.38 bits per heavy atom. The van der Waals surface area contributed by atoms with Crippen molar-refractivity contribution in [3.05, 3.63) is 30.2 Å². The fraction of sp³-hybridized carbons (Fsp3) is 0.500. The minimum absolute atomic E-state index is 0.112. The molecule has 0 aliphatic carbocycles. The second-order valence-electron chi connectivity index (χ2n) is 4.47. The number of nitrogens with zero attached hydrogens (tertiary/aromatic N) is 1. The number of fused-ring (bicyclic) bond motifs is 1. The van der Waals surface area contributed by atoms with Crippen molar-refractivity contribution in [3.8, 4) is 0 Å². The van der Waals surface area contributed by atoms with E-state index in [4.69, 9.17) is 8.94 Å². The van der Waals surface area contributed by atoms with Crippen LogP contribution in [0.1, 0.15) is 38.3 Å². The van der Waals surface area contributed by atoms with Crippen LogP contribution in [0, 0.1) is 0 Å².